The van der Waals surface area contributed by atoms with Gasteiger partial charge in [-0.25, -0.2) is 0 Å². The predicted molar refractivity (Wildman–Crippen MR) is 77.3 cm³/mol. The van der Waals surface area contributed by atoms with E-state index in [1.807, 2.05) is 17.5 Å². The first-order valence-corrected chi connectivity index (χ1v) is 7.02. The second-order valence-electron chi connectivity index (χ2n) is 4.61. The molecule has 3 rings (SSSR count). The van der Waals surface area contributed by atoms with Crippen molar-refractivity contribution < 1.29 is 4.52 Å². The lowest BCUT2D eigenvalue weighted by molar-refractivity contribution is 0.261. The Morgan fingerprint density at radius 1 is 1.53 bits per heavy atom. The molecule has 104 valence electrons. The van der Waals surface area contributed by atoms with Gasteiger partial charge in [0.1, 0.15) is 0 Å². The van der Waals surface area contributed by atoms with Gasteiger partial charge >= 0.3 is 0 Å². The quantitative estimate of drug-likeness (QED) is 0.935. The van der Waals surface area contributed by atoms with Gasteiger partial charge in [0.25, 0.3) is 0 Å². The number of thiophene rings is 1. The highest BCUT2D eigenvalue weighted by Crippen LogP contribution is 2.22. The predicted octanol–water partition coefficient (Wildman–Crippen LogP) is 2.00. The summed E-state index contributed by atoms with van der Waals surface area (Å²) in [6, 6.07) is 3.99. The van der Waals surface area contributed by atoms with Crippen LogP contribution in [0.3, 0.4) is 0 Å². The average Bonchev–Trinajstić information content (AvgIpc) is 3.10. The van der Waals surface area contributed by atoms with Gasteiger partial charge in [-0.05, 0) is 36.9 Å². The number of rotatable bonds is 4. The van der Waals surface area contributed by atoms with E-state index in [0.29, 0.717) is 17.6 Å². The number of likely N-dealkylation sites (tertiary alicyclic amines) is 1. The molecular formula is C12H17ClN4OS. The van der Waals surface area contributed by atoms with Crippen molar-refractivity contribution in [2.24, 2.45) is 11.7 Å². The van der Waals surface area contributed by atoms with E-state index in [9.17, 15) is 0 Å². The van der Waals surface area contributed by atoms with Crippen LogP contribution in [0.15, 0.2) is 22.0 Å². The summed E-state index contributed by atoms with van der Waals surface area (Å²) < 4.78 is 5.29. The van der Waals surface area contributed by atoms with Crippen molar-refractivity contribution in [3.05, 3.63) is 23.4 Å². The molecule has 0 saturated carbocycles. The Morgan fingerprint density at radius 2 is 2.42 bits per heavy atom. The number of nitrogens with zero attached hydrogens (tertiary/aromatic N) is 3. The SMILES string of the molecule is Cl.NCC1CCN(Cc2nc(-c3cccs3)no2)C1. The third-order valence-corrected chi connectivity index (χ3v) is 4.14. The van der Waals surface area contributed by atoms with Crippen molar-refractivity contribution in [3.63, 3.8) is 0 Å². The Balaban J connectivity index is 0.00000133. The van der Waals surface area contributed by atoms with Gasteiger partial charge in [0.2, 0.25) is 11.7 Å². The number of nitrogens with two attached hydrogens (primary N) is 1. The number of hydrogen-bond donors (Lipinski definition) is 1. The lowest BCUT2D eigenvalue weighted by atomic mass is 10.1. The molecule has 0 radical (unpaired) electrons. The Labute approximate surface area is 122 Å². The minimum atomic E-state index is 0. The van der Waals surface area contributed by atoms with E-state index < -0.39 is 0 Å². The van der Waals surface area contributed by atoms with Gasteiger partial charge in [-0.2, -0.15) is 4.98 Å². The van der Waals surface area contributed by atoms with Crippen molar-refractivity contribution in [1.29, 1.82) is 0 Å². The summed E-state index contributed by atoms with van der Waals surface area (Å²) in [6.45, 7) is 3.60. The fourth-order valence-electron chi connectivity index (χ4n) is 2.27. The van der Waals surface area contributed by atoms with E-state index in [-0.39, 0.29) is 12.4 Å². The summed E-state index contributed by atoms with van der Waals surface area (Å²) in [7, 11) is 0. The molecule has 0 aliphatic carbocycles. The van der Waals surface area contributed by atoms with Crippen LogP contribution >= 0.6 is 23.7 Å². The molecule has 1 fully saturated rings. The van der Waals surface area contributed by atoms with E-state index in [1.165, 1.54) is 6.42 Å². The highest BCUT2D eigenvalue weighted by atomic mass is 35.5. The summed E-state index contributed by atoms with van der Waals surface area (Å²) in [6.07, 6.45) is 1.17. The number of aromatic nitrogens is 2. The summed E-state index contributed by atoms with van der Waals surface area (Å²) in [5.74, 6) is 2.00. The molecule has 0 amide bonds. The molecule has 2 N–H and O–H groups in total. The van der Waals surface area contributed by atoms with Crippen LogP contribution in [0.5, 0.6) is 0 Å². The molecule has 2 aromatic rings. The molecule has 1 unspecified atom stereocenters. The molecule has 1 atom stereocenters. The van der Waals surface area contributed by atoms with Crippen LogP contribution in [-0.2, 0) is 6.54 Å². The highest BCUT2D eigenvalue weighted by Gasteiger charge is 2.23. The zero-order valence-corrected chi connectivity index (χ0v) is 12.1. The van der Waals surface area contributed by atoms with Crippen molar-refractivity contribution in [2.75, 3.05) is 19.6 Å². The normalized spacial score (nSPS) is 19.5. The second-order valence-corrected chi connectivity index (χ2v) is 5.56. The fraction of sp³-hybridized carbons (Fsp3) is 0.500. The average molecular weight is 301 g/mol. The first-order chi connectivity index (χ1) is 8.85. The topological polar surface area (TPSA) is 68.2 Å². The first-order valence-electron chi connectivity index (χ1n) is 6.14. The zero-order chi connectivity index (χ0) is 12.4. The highest BCUT2D eigenvalue weighted by molar-refractivity contribution is 7.13. The van der Waals surface area contributed by atoms with Crippen LogP contribution in [0.25, 0.3) is 10.7 Å². The van der Waals surface area contributed by atoms with E-state index >= 15 is 0 Å². The van der Waals surface area contributed by atoms with Gasteiger partial charge < -0.3 is 10.3 Å². The summed E-state index contributed by atoms with van der Waals surface area (Å²) in [5.41, 5.74) is 5.68. The zero-order valence-electron chi connectivity index (χ0n) is 10.5. The largest absolute Gasteiger partial charge is 0.338 e. The minimum absolute atomic E-state index is 0. The molecular weight excluding hydrogens is 284 g/mol. The molecule has 19 heavy (non-hydrogen) atoms. The van der Waals surface area contributed by atoms with Crippen molar-refractivity contribution >= 4 is 23.7 Å². The van der Waals surface area contributed by atoms with Crippen LogP contribution in [0, 0.1) is 5.92 Å². The van der Waals surface area contributed by atoms with Crippen LogP contribution in [0.1, 0.15) is 12.3 Å². The lowest BCUT2D eigenvalue weighted by Gasteiger charge is -2.11. The maximum atomic E-state index is 5.68. The van der Waals surface area contributed by atoms with E-state index in [1.54, 1.807) is 11.3 Å². The van der Waals surface area contributed by atoms with Gasteiger partial charge in [-0.3, -0.25) is 4.90 Å². The van der Waals surface area contributed by atoms with E-state index in [4.69, 9.17) is 10.3 Å². The summed E-state index contributed by atoms with van der Waals surface area (Å²) in [5, 5.41) is 6.02. The monoisotopic (exact) mass is 300 g/mol. The molecule has 0 spiro atoms. The van der Waals surface area contributed by atoms with Crippen LogP contribution in [0.2, 0.25) is 0 Å². The minimum Gasteiger partial charge on any atom is -0.338 e. The van der Waals surface area contributed by atoms with Gasteiger partial charge in [-0.15, -0.1) is 23.7 Å². The third kappa shape index (κ3) is 3.33. The Bertz CT molecular complexity index is 502. The molecule has 2 aromatic heterocycles. The lowest BCUT2D eigenvalue weighted by Crippen LogP contribution is -2.22. The third-order valence-electron chi connectivity index (χ3n) is 3.27. The molecule has 1 aliphatic heterocycles. The maximum absolute atomic E-state index is 5.68. The van der Waals surface area contributed by atoms with Crippen molar-refractivity contribution in [1.82, 2.24) is 15.0 Å². The second kappa shape index (κ2) is 6.47. The fourth-order valence-corrected chi connectivity index (χ4v) is 2.91. The molecule has 0 bridgehead atoms. The molecule has 7 heteroatoms. The van der Waals surface area contributed by atoms with Crippen LogP contribution in [-0.4, -0.2) is 34.7 Å². The smallest absolute Gasteiger partial charge is 0.241 e. The standard InChI is InChI=1S/C12H16N4OS.ClH/c13-6-9-3-4-16(7-9)8-11-14-12(15-17-11)10-2-1-5-18-10;/h1-2,5,9H,3-4,6-8,13H2;1H. The summed E-state index contributed by atoms with van der Waals surface area (Å²) in [4.78, 5) is 7.80. The molecule has 5 nitrogen and oxygen atoms in total. The Hall–Kier alpha value is -0.950. The van der Waals surface area contributed by atoms with Gasteiger partial charge in [0.05, 0.1) is 11.4 Å². The van der Waals surface area contributed by atoms with Crippen LogP contribution in [0.4, 0.5) is 0 Å². The van der Waals surface area contributed by atoms with Crippen LogP contribution < -0.4 is 5.73 Å². The summed E-state index contributed by atoms with van der Waals surface area (Å²) >= 11 is 1.62. The van der Waals surface area contributed by atoms with Gasteiger partial charge in [0, 0.05) is 6.54 Å². The Kier molecular flexibility index (Phi) is 4.93. The van der Waals surface area contributed by atoms with E-state index in [0.717, 1.165) is 31.1 Å². The molecule has 0 aromatic carbocycles. The first kappa shape index (κ1) is 14.5. The van der Waals surface area contributed by atoms with Gasteiger partial charge in [0.15, 0.2) is 0 Å². The molecule has 1 saturated heterocycles. The van der Waals surface area contributed by atoms with Gasteiger partial charge in [-0.1, -0.05) is 11.2 Å². The maximum Gasteiger partial charge on any atom is 0.241 e. The van der Waals surface area contributed by atoms with Crippen molar-refractivity contribution in [3.8, 4) is 10.7 Å². The molecule has 1 aliphatic rings. The van der Waals surface area contributed by atoms with E-state index in [2.05, 4.69) is 15.0 Å². The Morgan fingerprint density at radius 3 is 3.11 bits per heavy atom. The number of hydrogen-bond acceptors (Lipinski definition) is 6. The van der Waals surface area contributed by atoms with Crippen molar-refractivity contribution in [2.45, 2.75) is 13.0 Å². The molecule has 3 heterocycles. The number of halogens is 1.